The van der Waals surface area contributed by atoms with Gasteiger partial charge in [-0.3, -0.25) is 0 Å². The standard InChI is InChI=1S/C10H10.C4H2N2/c1-3-9-7-5-6-8-10(9)4-2;1-4(2-5)3-6/h3-8H,1-2H2;1H2. The van der Waals surface area contributed by atoms with Crippen LogP contribution in [0, 0.1) is 22.7 Å². The van der Waals surface area contributed by atoms with Gasteiger partial charge in [0.25, 0.3) is 0 Å². The Hall–Kier alpha value is -2.58. The van der Waals surface area contributed by atoms with Crippen LogP contribution in [0.15, 0.2) is 49.6 Å². The van der Waals surface area contributed by atoms with Gasteiger partial charge in [-0.1, -0.05) is 56.2 Å². The van der Waals surface area contributed by atoms with Crippen molar-refractivity contribution in [1.82, 2.24) is 0 Å². The third-order valence-corrected chi connectivity index (χ3v) is 1.71. The SMILES string of the molecule is C=C(C#N)C#N.C=Cc1ccccc1C=C. The second-order valence-corrected chi connectivity index (χ2v) is 2.74. The van der Waals surface area contributed by atoms with Crippen molar-refractivity contribution < 1.29 is 0 Å². The van der Waals surface area contributed by atoms with Crippen molar-refractivity contribution in [1.29, 1.82) is 10.5 Å². The van der Waals surface area contributed by atoms with Gasteiger partial charge < -0.3 is 0 Å². The monoisotopic (exact) mass is 208 g/mol. The van der Waals surface area contributed by atoms with E-state index in [1.165, 1.54) is 0 Å². The summed E-state index contributed by atoms with van der Waals surface area (Å²) in [6.45, 7) is 10.5. The number of hydrogen-bond donors (Lipinski definition) is 0. The molecule has 0 aliphatic heterocycles. The zero-order valence-corrected chi connectivity index (χ0v) is 8.98. The first-order chi connectivity index (χ1) is 7.69. The Labute approximate surface area is 96.1 Å². The highest BCUT2D eigenvalue weighted by atomic mass is 14.3. The molecular weight excluding hydrogens is 196 g/mol. The molecule has 0 spiro atoms. The first kappa shape index (κ1) is 13.4. The van der Waals surface area contributed by atoms with Gasteiger partial charge in [0.1, 0.15) is 17.7 Å². The Balaban J connectivity index is 0.000000325. The van der Waals surface area contributed by atoms with Gasteiger partial charge in [0, 0.05) is 0 Å². The molecule has 16 heavy (non-hydrogen) atoms. The topological polar surface area (TPSA) is 47.6 Å². The molecule has 0 radical (unpaired) electrons. The second-order valence-electron chi connectivity index (χ2n) is 2.74. The van der Waals surface area contributed by atoms with Crippen molar-refractivity contribution in [2.45, 2.75) is 0 Å². The number of nitriles is 2. The molecule has 0 saturated carbocycles. The first-order valence-corrected chi connectivity index (χ1v) is 4.52. The number of benzene rings is 1. The Morgan fingerprint density at radius 2 is 1.38 bits per heavy atom. The lowest BCUT2D eigenvalue weighted by atomic mass is 10.1. The fourth-order valence-electron chi connectivity index (χ4n) is 0.908. The maximum atomic E-state index is 7.76. The number of rotatable bonds is 2. The van der Waals surface area contributed by atoms with E-state index in [2.05, 4.69) is 19.7 Å². The second kappa shape index (κ2) is 7.79. The molecule has 0 unspecified atom stereocenters. The minimum absolute atomic E-state index is 0.0463. The van der Waals surface area contributed by atoms with E-state index in [1.807, 2.05) is 36.4 Å². The summed E-state index contributed by atoms with van der Waals surface area (Å²) in [5.41, 5.74) is 2.23. The van der Waals surface area contributed by atoms with Crippen LogP contribution < -0.4 is 0 Å². The highest BCUT2D eigenvalue weighted by Gasteiger charge is 1.89. The lowest BCUT2D eigenvalue weighted by Gasteiger charge is -1.96. The van der Waals surface area contributed by atoms with E-state index in [-0.39, 0.29) is 5.57 Å². The number of allylic oxidation sites excluding steroid dienone is 1. The minimum atomic E-state index is -0.0463. The zero-order chi connectivity index (χ0) is 12.4. The van der Waals surface area contributed by atoms with Crippen LogP contribution in [-0.2, 0) is 0 Å². The van der Waals surface area contributed by atoms with Gasteiger partial charge in [0.15, 0.2) is 0 Å². The molecule has 0 amide bonds. The van der Waals surface area contributed by atoms with Crippen LogP contribution in [0.2, 0.25) is 0 Å². The third kappa shape index (κ3) is 4.60. The summed E-state index contributed by atoms with van der Waals surface area (Å²) in [7, 11) is 0. The largest absolute Gasteiger partial charge is 0.192 e. The molecule has 0 aliphatic carbocycles. The molecule has 1 rings (SSSR count). The smallest absolute Gasteiger partial charge is 0.122 e. The molecule has 0 aliphatic rings. The molecule has 1 aromatic carbocycles. The van der Waals surface area contributed by atoms with E-state index in [0.717, 1.165) is 11.1 Å². The van der Waals surface area contributed by atoms with Crippen LogP contribution in [0.5, 0.6) is 0 Å². The molecule has 0 aromatic heterocycles. The molecule has 2 nitrogen and oxygen atoms in total. The number of hydrogen-bond acceptors (Lipinski definition) is 2. The van der Waals surface area contributed by atoms with Gasteiger partial charge >= 0.3 is 0 Å². The summed E-state index contributed by atoms with van der Waals surface area (Å²) in [4.78, 5) is 0. The molecule has 78 valence electrons. The summed E-state index contributed by atoms with van der Waals surface area (Å²) in [6.07, 6.45) is 3.66. The van der Waals surface area contributed by atoms with Crippen LogP contribution in [0.1, 0.15) is 11.1 Å². The summed E-state index contributed by atoms with van der Waals surface area (Å²) in [5.74, 6) is 0. The molecule has 0 atom stereocenters. The molecule has 2 heteroatoms. The molecule has 0 saturated heterocycles. The molecular formula is C14H12N2. The summed E-state index contributed by atoms with van der Waals surface area (Å²) < 4.78 is 0. The van der Waals surface area contributed by atoms with E-state index in [0.29, 0.717) is 0 Å². The summed E-state index contributed by atoms with van der Waals surface area (Å²) in [5, 5.41) is 15.5. The van der Waals surface area contributed by atoms with Crippen LogP contribution >= 0.6 is 0 Å². The maximum absolute atomic E-state index is 7.76. The predicted octanol–water partition coefficient (Wildman–Crippen LogP) is 3.56. The van der Waals surface area contributed by atoms with Gasteiger partial charge in [0.05, 0.1) is 0 Å². The first-order valence-electron chi connectivity index (χ1n) is 4.52. The van der Waals surface area contributed by atoms with Gasteiger partial charge in [-0.05, 0) is 11.1 Å². The van der Waals surface area contributed by atoms with Crippen LogP contribution in [0.4, 0.5) is 0 Å². The summed E-state index contributed by atoms with van der Waals surface area (Å²) >= 11 is 0. The average Bonchev–Trinajstić information content (AvgIpc) is 2.38. The third-order valence-electron chi connectivity index (χ3n) is 1.71. The lowest BCUT2D eigenvalue weighted by molar-refractivity contribution is 1.47. The van der Waals surface area contributed by atoms with Gasteiger partial charge in [-0.25, -0.2) is 0 Å². The van der Waals surface area contributed by atoms with Crippen LogP contribution in [0.3, 0.4) is 0 Å². The zero-order valence-electron chi connectivity index (χ0n) is 8.98. The molecule has 0 N–H and O–H groups in total. The van der Waals surface area contributed by atoms with Crippen molar-refractivity contribution in [2.24, 2.45) is 0 Å². The molecule has 0 heterocycles. The van der Waals surface area contributed by atoms with E-state index in [9.17, 15) is 0 Å². The lowest BCUT2D eigenvalue weighted by Crippen LogP contribution is -1.76. The molecule has 0 bridgehead atoms. The Morgan fingerprint density at radius 1 is 1.00 bits per heavy atom. The van der Waals surface area contributed by atoms with E-state index in [4.69, 9.17) is 10.5 Å². The molecule has 0 fully saturated rings. The van der Waals surface area contributed by atoms with Crippen molar-refractivity contribution in [3.05, 3.63) is 60.7 Å². The fraction of sp³-hybridized carbons (Fsp3) is 0. The van der Waals surface area contributed by atoms with E-state index < -0.39 is 0 Å². The van der Waals surface area contributed by atoms with E-state index in [1.54, 1.807) is 12.1 Å². The van der Waals surface area contributed by atoms with Crippen LogP contribution in [0.25, 0.3) is 12.2 Å². The van der Waals surface area contributed by atoms with Crippen molar-refractivity contribution in [3.63, 3.8) is 0 Å². The van der Waals surface area contributed by atoms with Gasteiger partial charge in [-0.2, -0.15) is 10.5 Å². The predicted molar refractivity (Wildman–Crippen MR) is 67.0 cm³/mol. The van der Waals surface area contributed by atoms with E-state index >= 15 is 0 Å². The van der Waals surface area contributed by atoms with Gasteiger partial charge in [0.2, 0.25) is 0 Å². The Kier molecular flexibility index (Phi) is 6.53. The Morgan fingerprint density at radius 3 is 1.56 bits per heavy atom. The number of nitrogens with zero attached hydrogens (tertiary/aromatic N) is 2. The maximum Gasteiger partial charge on any atom is 0.122 e. The average molecular weight is 208 g/mol. The molecule has 1 aromatic rings. The van der Waals surface area contributed by atoms with Crippen molar-refractivity contribution >= 4 is 12.2 Å². The van der Waals surface area contributed by atoms with Crippen molar-refractivity contribution in [3.8, 4) is 12.1 Å². The highest BCUT2D eigenvalue weighted by molar-refractivity contribution is 5.63. The van der Waals surface area contributed by atoms with Crippen LogP contribution in [-0.4, -0.2) is 0 Å². The normalized spacial score (nSPS) is 7.38. The quantitative estimate of drug-likeness (QED) is 0.697. The fourth-order valence-corrected chi connectivity index (χ4v) is 0.908. The van der Waals surface area contributed by atoms with Crippen molar-refractivity contribution in [2.75, 3.05) is 0 Å². The Bertz CT molecular complexity index is 427. The minimum Gasteiger partial charge on any atom is -0.192 e. The summed E-state index contributed by atoms with van der Waals surface area (Å²) in [6, 6.07) is 11.1. The van der Waals surface area contributed by atoms with Gasteiger partial charge in [-0.15, -0.1) is 0 Å². The highest BCUT2D eigenvalue weighted by Crippen LogP contribution is 2.10.